The lowest BCUT2D eigenvalue weighted by molar-refractivity contribution is 0.383. The molecule has 2 aromatic rings. The lowest BCUT2D eigenvalue weighted by Gasteiger charge is -2.15. The number of methoxy groups -OCH3 is 1. The average Bonchev–Trinajstić information content (AvgIpc) is 2.50. The summed E-state index contributed by atoms with van der Waals surface area (Å²) in [6, 6.07) is 15.4. The second kappa shape index (κ2) is 7.06. The molecule has 0 aliphatic carbocycles. The second-order valence-electron chi connectivity index (χ2n) is 4.82. The SMILES string of the molecule is COc1cccc(CCC(CN)c2ccccc2)c1F. The summed E-state index contributed by atoms with van der Waals surface area (Å²) in [6.07, 6.45) is 1.48. The van der Waals surface area contributed by atoms with Crippen molar-refractivity contribution in [2.45, 2.75) is 18.8 Å². The maximum Gasteiger partial charge on any atom is 0.168 e. The van der Waals surface area contributed by atoms with Crippen molar-refractivity contribution in [2.75, 3.05) is 13.7 Å². The van der Waals surface area contributed by atoms with Gasteiger partial charge < -0.3 is 10.5 Å². The van der Waals surface area contributed by atoms with Crippen LogP contribution < -0.4 is 10.5 Å². The smallest absolute Gasteiger partial charge is 0.168 e. The van der Waals surface area contributed by atoms with Crippen LogP contribution in [0.3, 0.4) is 0 Å². The van der Waals surface area contributed by atoms with E-state index in [2.05, 4.69) is 12.1 Å². The highest BCUT2D eigenvalue weighted by atomic mass is 19.1. The van der Waals surface area contributed by atoms with Gasteiger partial charge in [0.15, 0.2) is 11.6 Å². The van der Waals surface area contributed by atoms with Crippen LogP contribution in [-0.2, 0) is 6.42 Å². The van der Waals surface area contributed by atoms with Crippen molar-refractivity contribution in [1.29, 1.82) is 0 Å². The molecule has 1 unspecified atom stereocenters. The van der Waals surface area contributed by atoms with Gasteiger partial charge in [0.1, 0.15) is 0 Å². The molecule has 2 rings (SSSR count). The Kier molecular flexibility index (Phi) is 5.13. The predicted molar refractivity (Wildman–Crippen MR) is 79.5 cm³/mol. The molecule has 0 spiro atoms. The molecule has 2 N–H and O–H groups in total. The largest absolute Gasteiger partial charge is 0.494 e. The quantitative estimate of drug-likeness (QED) is 0.874. The molecular formula is C17H20FNO. The Labute approximate surface area is 119 Å². The molecule has 1 atom stereocenters. The van der Waals surface area contributed by atoms with E-state index in [-0.39, 0.29) is 11.7 Å². The Bertz CT molecular complexity index is 542. The van der Waals surface area contributed by atoms with Crippen molar-refractivity contribution in [3.63, 3.8) is 0 Å². The van der Waals surface area contributed by atoms with Crippen molar-refractivity contribution < 1.29 is 9.13 Å². The zero-order valence-corrected chi connectivity index (χ0v) is 11.7. The Morgan fingerprint density at radius 3 is 2.50 bits per heavy atom. The standard InChI is InChI=1S/C17H20FNO/c1-20-16-9-5-8-14(17(16)18)10-11-15(12-19)13-6-3-2-4-7-13/h2-9,15H,10-12,19H2,1H3. The van der Waals surface area contributed by atoms with Crippen LogP contribution in [0.1, 0.15) is 23.5 Å². The Balaban J connectivity index is 2.08. The zero-order valence-electron chi connectivity index (χ0n) is 11.7. The summed E-state index contributed by atoms with van der Waals surface area (Å²) < 4.78 is 19.1. The van der Waals surface area contributed by atoms with Crippen LogP contribution in [0.2, 0.25) is 0 Å². The molecule has 0 radical (unpaired) electrons. The fraction of sp³-hybridized carbons (Fsp3) is 0.294. The molecule has 0 saturated heterocycles. The zero-order chi connectivity index (χ0) is 14.4. The first kappa shape index (κ1) is 14.5. The first-order valence-electron chi connectivity index (χ1n) is 6.82. The first-order chi connectivity index (χ1) is 9.76. The van der Waals surface area contributed by atoms with Gasteiger partial charge in [0.25, 0.3) is 0 Å². The summed E-state index contributed by atoms with van der Waals surface area (Å²) in [5.41, 5.74) is 7.73. The minimum Gasteiger partial charge on any atom is -0.494 e. The van der Waals surface area contributed by atoms with Gasteiger partial charge in [-0.3, -0.25) is 0 Å². The van der Waals surface area contributed by atoms with Gasteiger partial charge in [0.05, 0.1) is 7.11 Å². The van der Waals surface area contributed by atoms with Gasteiger partial charge in [-0.1, -0.05) is 42.5 Å². The monoisotopic (exact) mass is 273 g/mol. The van der Waals surface area contributed by atoms with E-state index in [4.69, 9.17) is 10.5 Å². The van der Waals surface area contributed by atoms with Gasteiger partial charge in [-0.15, -0.1) is 0 Å². The molecule has 0 fully saturated rings. The third kappa shape index (κ3) is 3.36. The van der Waals surface area contributed by atoms with Crippen molar-refractivity contribution in [2.24, 2.45) is 5.73 Å². The van der Waals surface area contributed by atoms with Gasteiger partial charge in [-0.2, -0.15) is 0 Å². The van der Waals surface area contributed by atoms with E-state index < -0.39 is 0 Å². The van der Waals surface area contributed by atoms with E-state index in [1.165, 1.54) is 12.7 Å². The fourth-order valence-electron chi connectivity index (χ4n) is 2.38. The van der Waals surface area contributed by atoms with Crippen LogP contribution in [-0.4, -0.2) is 13.7 Å². The molecule has 106 valence electrons. The number of hydrogen-bond acceptors (Lipinski definition) is 2. The Morgan fingerprint density at radius 2 is 1.85 bits per heavy atom. The lowest BCUT2D eigenvalue weighted by atomic mass is 9.92. The minimum atomic E-state index is -0.265. The number of rotatable bonds is 6. The van der Waals surface area contributed by atoms with Crippen LogP contribution in [0.4, 0.5) is 4.39 Å². The molecule has 2 nitrogen and oxygen atoms in total. The lowest BCUT2D eigenvalue weighted by Crippen LogP contribution is -2.13. The average molecular weight is 273 g/mol. The summed E-state index contributed by atoms with van der Waals surface area (Å²) in [5, 5.41) is 0. The number of halogens is 1. The molecule has 20 heavy (non-hydrogen) atoms. The van der Waals surface area contributed by atoms with E-state index in [1.54, 1.807) is 12.1 Å². The van der Waals surface area contributed by atoms with E-state index in [1.807, 2.05) is 24.3 Å². The highest BCUT2D eigenvalue weighted by molar-refractivity contribution is 5.31. The van der Waals surface area contributed by atoms with Crippen LogP contribution in [0.15, 0.2) is 48.5 Å². The molecule has 2 aromatic carbocycles. The molecule has 0 heterocycles. The summed E-state index contributed by atoms with van der Waals surface area (Å²) in [6.45, 7) is 0.565. The minimum absolute atomic E-state index is 0.252. The number of benzene rings is 2. The molecular weight excluding hydrogens is 253 g/mol. The van der Waals surface area contributed by atoms with Crippen molar-refractivity contribution in [1.82, 2.24) is 0 Å². The van der Waals surface area contributed by atoms with E-state index in [0.29, 0.717) is 24.3 Å². The molecule has 3 heteroatoms. The molecule has 0 amide bonds. The van der Waals surface area contributed by atoms with Crippen LogP contribution in [0.5, 0.6) is 5.75 Å². The summed E-state index contributed by atoms with van der Waals surface area (Å²) in [5.74, 6) is 0.284. The van der Waals surface area contributed by atoms with Gasteiger partial charge in [-0.05, 0) is 42.5 Å². The summed E-state index contributed by atoms with van der Waals surface area (Å²) >= 11 is 0. The maximum atomic E-state index is 14.1. The number of hydrogen-bond donors (Lipinski definition) is 1. The van der Waals surface area contributed by atoms with E-state index in [0.717, 1.165) is 6.42 Å². The van der Waals surface area contributed by atoms with Crippen LogP contribution in [0, 0.1) is 5.82 Å². The molecule has 0 aromatic heterocycles. The molecule has 0 aliphatic rings. The molecule has 0 bridgehead atoms. The Morgan fingerprint density at radius 1 is 1.10 bits per heavy atom. The molecule has 0 aliphatic heterocycles. The van der Waals surface area contributed by atoms with Crippen LogP contribution in [0.25, 0.3) is 0 Å². The van der Waals surface area contributed by atoms with Crippen molar-refractivity contribution in [3.05, 3.63) is 65.5 Å². The highest BCUT2D eigenvalue weighted by Gasteiger charge is 2.13. The van der Waals surface area contributed by atoms with Crippen molar-refractivity contribution >= 4 is 0 Å². The van der Waals surface area contributed by atoms with Gasteiger partial charge >= 0.3 is 0 Å². The Hall–Kier alpha value is -1.87. The number of aryl methyl sites for hydroxylation is 1. The second-order valence-corrected chi connectivity index (χ2v) is 4.82. The third-order valence-electron chi connectivity index (χ3n) is 3.58. The third-order valence-corrected chi connectivity index (χ3v) is 3.58. The first-order valence-corrected chi connectivity index (χ1v) is 6.82. The summed E-state index contributed by atoms with van der Waals surface area (Å²) in [7, 11) is 1.48. The number of nitrogens with two attached hydrogens (primary N) is 1. The highest BCUT2D eigenvalue weighted by Crippen LogP contribution is 2.25. The van der Waals surface area contributed by atoms with Gasteiger partial charge in [-0.25, -0.2) is 4.39 Å². The van der Waals surface area contributed by atoms with E-state index in [9.17, 15) is 4.39 Å². The topological polar surface area (TPSA) is 35.2 Å². The van der Waals surface area contributed by atoms with Crippen LogP contribution >= 0.6 is 0 Å². The number of ether oxygens (including phenoxy) is 1. The molecule has 0 saturated carbocycles. The predicted octanol–water partition coefficient (Wildman–Crippen LogP) is 3.51. The van der Waals surface area contributed by atoms with E-state index >= 15 is 0 Å². The van der Waals surface area contributed by atoms with Crippen molar-refractivity contribution in [3.8, 4) is 5.75 Å². The summed E-state index contributed by atoms with van der Waals surface area (Å²) in [4.78, 5) is 0. The van der Waals surface area contributed by atoms with Gasteiger partial charge in [0.2, 0.25) is 0 Å². The maximum absolute atomic E-state index is 14.1. The fourth-order valence-corrected chi connectivity index (χ4v) is 2.38. The normalized spacial score (nSPS) is 12.2. The van der Waals surface area contributed by atoms with Gasteiger partial charge in [0, 0.05) is 0 Å².